The van der Waals surface area contributed by atoms with E-state index in [1.807, 2.05) is 13.0 Å². The Morgan fingerprint density at radius 1 is 1.38 bits per heavy atom. The van der Waals surface area contributed by atoms with Crippen LogP contribution < -0.4 is 0 Å². The first kappa shape index (κ1) is 7.86. The van der Waals surface area contributed by atoms with Gasteiger partial charge in [-0.1, -0.05) is 0 Å². The monoisotopic (exact) mass is 176 g/mol. The number of hydrogen-bond acceptors (Lipinski definition) is 3. The number of phenolic OH excluding ortho intramolecular Hbond substituents is 1. The van der Waals surface area contributed by atoms with E-state index >= 15 is 0 Å². The van der Waals surface area contributed by atoms with E-state index in [-0.39, 0.29) is 11.3 Å². The number of hydrogen-bond donors (Lipinski definition) is 1. The van der Waals surface area contributed by atoms with Crippen LogP contribution in [0.5, 0.6) is 5.75 Å². The number of furan rings is 1. The predicted octanol–water partition coefficient (Wildman–Crippen LogP) is 2.26. The molecule has 0 aliphatic rings. The van der Waals surface area contributed by atoms with Crippen LogP contribution >= 0.6 is 0 Å². The van der Waals surface area contributed by atoms with Gasteiger partial charge in [-0.3, -0.25) is 4.79 Å². The summed E-state index contributed by atoms with van der Waals surface area (Å²) in [5, 5.41) is 10.2. The molecule has 0 radical (unpaired) electrons. The van der Waals surface area contributed by atoms with Gasteiger partial charge in [-0.25, -0.2) is 0 Å². The zero-order valence-electron chi connectivity index (χ0n) is 7.07. The Hall–Kier alpha value is -1.77. The maximum absolute atomic E-state index is 10.5. The quantitative estimate of drug-likeness (QED) is 0.678. The Morgan fingerprint density at radius 3 is 2.85 bits per heavy atom. The first-order valence-electron chi connectivity index (χ1n) is 3.89. The summed E-state index contributed by atoms with van der Waals surface area (Å²) < 4.78 is 5.30. The van der Waals surface area contributed by atoms with Crippen molar-refractivity contribution in [3.63, 3.8) is 0 Å². The summed E-state index contributed by atoms with van der Waals surface area (Å²) in [6, 6.07) is 4.86. The molecule has 0 unspecified atom stereocenters. The lowest BCUT2D eigenvalue weighted by Crippen LogP contribution is -1.79. The van der Waals surface area contributed by atoms with E-state index in [0.717, 1.165) is 11.1 Å². The van der Waals surface area contributed by atoms with Crippen molar-refractivity contribution in [2.24, 2.45) is 0 Å². The molecule has 0 amide bonds. The summed E-state index contributed by atoms with van der Waals surface area (Å²) in [7, 11) is 0. The highest BCUT2D eigenvalue weighted by Crippen LogP contribution is 2.26. The van der Waals surface area contributed by atoms with Gasteiger partial charge in [0.05, 0.1) is 5.56 Å². The molecule has 1 aromatic carbocycles. The lowest BCUT2D eigenvalue weighted by molar-refractivity contribution is 0.112. The van der Waals surface area contributed by atoms with Crippen molar-refractivity contribution in [1.29, 1.82) is 0 Å². The van der Waals surface area contributed by atoms with E-state index in [2.05, 4.69) is 0 Å². The van der Waals surface area contributed by atoms with Crippen LogP contribution in [0.3, 0.4) is 0 Å². The number of aromatic hydroxyl groups is 1. The second-order valence-corrected chi connectivity index (χ2v) is 2.92. The number of phenols is 1. The van der Waals surface area contributed by atoms with Gasteiger partial charge in [-0.2, -0.15) is 0 Å². The van der Waals surface area contributed by atoms with Gasteiger partial charge in [0.2, 0.25) is 0 Å². The Labute approximate surface area is 74.6 Å². The maximum Gasteiger partial charge on any atom is 0.153 e. The Balaban J connectivity index is 2.79. The molecule has 0 atom stereocenters. The molecule has 66 valence electrons. The zero-order valence-corrected chi connectivity index (χ0v) is 7.07. The first-order valence-corrected chi connectivity index (χ1v) is 3.89. The molecule has 1 heterocycles. The maximum atomic E-state index is 10.5. The highest BCUT2D eigenvalue weighted by atomic mass is 16.3. The fourth-order valence-corrected chi connectivity index (χ4v) is 1.32. The van der Waals surface area contributed by atoms with Crippen LogP contribution in [-0.2, 0) is 0 Å². The zero-order chi connectivity index (χ0) is 9.42. The minimum absolute atomic E-state index is 0.0108. The van der Waals surface area contributed by atoms with E-state index in [1.165, 1.54) is 12.1 Å². The predicted molar refractivity (Wildman–Crippen MR) is 48.0 cm³/mol. The van der Waals surface area contributed by atoms with Crippen LogP contribution in [0.2, 0.25) is 0 Å². The summed E-state index contributed by atoms with van der Waals surface area (Å²) in [6.45, 7) is 1.82. The highest BCUT2D eigenvalue weighted by molar-refractivity contribution is 5.89. The molecule has 0 aliphatic carbocycles. The standard InChI is InChI=1S/C10H8O3/c1-6-2-7-3-9(12)8(5-11)4-10(7)13-6/h2-5,12H,1H3. The van der Waals surface area contributed by atoms with Crippen LogP contribution in [-0.4, -0.2) is 11.4 Å². The van der Waals surface area contributed by atoms with Crippen molar-refractivity contribution in [3.05, 3.63) is 29.5 Å². The third-order valence-electron chi connectivity index (χ3n) is 1.92. The molecule has 13 heavy (non-hydrogen) atoms. The molecule has 0 aliphatic heterocycles. The molecule has 0 fully saturated rings. The van der Waals surface area contributed by atoms with Crippen molar-refractivity contribution in [3.8, 4) is 5.75 Å². The number of fused-ring (bicyclic) bond motifs is 1. The van der Waals surface area contributed by atoms with Crippen molar-refractivity contribution in [1.82, 2.24) is 0 Å². The number of carbonyl (C=O) groups excluding carboxylic acids is 1. The smallest absolute Gasteiger partial charge is 0.153 e. The van der Waals surface area contributed by atoms with E-state index in [9.17, 15) is 9.90 Å². The lowest BCUT2D eigenvalue weighted by atomic mass is 10.1. The SMILES string of the molecule is Cc1cc2cc(O)c(C=O)cc2o1. The van der Waals surface area contributed by atoms with Crippen LogP contribution in [0.4, 0.5) is 0 Å². The molecule has 0 bridgehead atoms. The molecule has 0 saturated heterocycles. The molecular formula is C10H8O3. The fourth-order valence-electron chi connectivity index (χ4n) is 1.32. The summed E-state index contributed by atoms with van der Waals surface area (Å²) in [5.41, 5.74) is 0.874. The number of aldehydes is 1. The van der Waals surface area contributed by atoms with Crippen molar-refractivity contribution in [2.45, 2.75) is 6.92 Å². The van der Waals surface area contributed by atoms with E-state index < -0.39 is 0 Å². The summed E-state index contributed by atoms with van der Waals surface area (Å²) in [4.78, 5) is 10.5. The normalized spacial score (nSPS) is 10.5. The first-order chi connectivity index (χ1) is 6.20. The highest BCUT2D eigenvalue weighted by Gasteiger charge is 2.06. The van der Waals surface area contributed by atoms with Crippen LogP contribution in [0.1, 0.15) is 16.1 Å². The van der Waals surface area contributed by atoms with Crippen molar-refractivity contribution in [2.75, 3.05) is 0 Å². The second-order valence-electron chi connectivity index (χ2n) is 2.92. The Bertz CT molecular complexity index is 468. The molecular weight excluding hydrogens is 168 g/mol. The molecule has 1 aromatic heterocycles. The largest absolute Gasteiger partial charge is 0.507 e. The Kier molecular flexibility index (Phi) is 1.59. The van der Waals surface area contributed by atoms with Crippen molar-refractivity contribution < 1.29 is 14.3 Å². The molecule has 3 heteroatoms. The van der Waals surface area contributed by atoms with Gasteiger partial charge in [0.15, 0.2) is 6.29 Å². The molecule has 0 spiro atoms. The second kappa shape index (κ2) is 2.62. The molecule has 2 rings (SSSR count). The van der Waals surface area contributed by atoms with Gasteiger partial charge >= 0.3 is 0 Å². The number of aryl methyl sites for hydroxylation is 1. The van der Waals surface area contributed by atoms with Gasteiger partial charge in [0, 0.05) is 5.39 Å². The molecule has 1 N–H and O–H groups in total. The summed E-state index contributed by atoms with van der Waals surface area (Å²) in [6.07, 6.45) is 0.604. The number of carbonyl (C=O) groups is 1. The lowest BCUT2D eigenvalue weighted by Gasteiger charge is -1.95. The number of benzene rings is 1. The Morgan fingerprint density at radius 2 is 2.15 bits per heavy atom. The van der Waals surface area contributed by atoms with Crippen molar-refractivity contribution >= 4 is 17.3 Å². The van der Waals surface area contributed by atoms with Gasteiger partial charge in [0.1, 0.15) is 17.1 Å². The molecule has 3 nitrogen and oxygen atoms in total. The third kappa shape index (κ3) is 1.18. The fraction of sp³-hybridized carbons (Fsp3) is 0.100. The average Bonchev–Trinajstić information content (AvgIpc) is 2.42. The van der Waals surface area contributed by atoms with Gasteiger partial charge in [0.25, 0.3) is 0 Å². The minimum atomic E-state index is -0.0108. The van der Waals surface area contributed by atoms with Gasteiger partial charge < -0.3 is 9.52 Å². The van der Waals surface area contributed by atoms with Gasteiger partial charge in [-0.05, 0) is 25.1 Å². The number of rotatable bonds is 1. The molecule has 0 saturated carbocycles. The van der Waals surface area contributed by atoms with Crippen LogP contribution in [0.15, 0.2) is 22.6 Å². The topological polar surface area (TPSA) is 50.4 Å². The van der Waals surface area contributed by atoms with E-state index in [1.54, 1.807) is 0 Å². The van der Waals surface area contributed by atoms with Crippen LogP contribution in [0, 0.1) is 6.92 Å². The third-order valence-corrected chi connectivity index (χ3v) is 1.92. The summed E-state index contributed by atoms with van der Waals surface area (Å²) >= 11 is 0. The van der Waals surface area contributed by atoms with E-state index in [4.69, 9.17) is 4.42 Å². The molecule has 2 aromatic rings. The van der Waals surface area contributed by atoms with E-state index in [0.29, 0.717) is 11.9 Å². The summed E-state index contributed by atoms with van der Waals surface area (Å²) in [5.74, 6) is 0.751. The van der Waals surface area contributed by atoms with Gasteiger partial charge in [-0.15, -0.1) is 0 Å². The average molecular weight is 176 g/mol. The van der Waals surface area contributed by atoms with Crippen LogP contribution in [0.25, 0.3) is 11.0 Å². The minimum Gasteiger partial charge on any atom is -0.507 e.